The molecule has 3 heterocycles. The lowest BCUT2D eigenvalue weighted by molar-refractivity contribution is -0.124. The molecule has 4 aromatic rings. The smallest absolute Gasteiger partial charge is 0.254 e. The number of aromatic nitrogens is 4. The van der Waals surface area contributed by atoms with Crippen LogP contribution < -0.4 is 16.0 Å². The standard InChI is InChI=1S/C24H21N7O2/c1-15(16-8-4-2-5-9-16)26-23-29-21-18(12-17-13-20(32)28-22(17)33)14-25-31(21)24(30-23)27-19-10-6-3-7-11-19/h2-12,14-15H,13H2,1H3,(H,28,32,33)(H2,26,27,29,30). The van der Waals surface area contributed by atoms with E-state index in [-0.39, 0.29) is 18.4 Å². The molecule has 9 nitrogen and oxygen atoms in total. The Morgan fingerprint density at radius 3 is 2.45 bits per heavy atom. The fourth-order valence-corrected chi connectivity index (χ4v) is 3.62. The number of hydrogen-bond donors (Lipinski definition) is 3. The Hall–Kier alpha value is -4.53. The van der Waals surface area contributed by atoms with Crippen molar-refractivity contribution >= 4 is 41.1 Å². The minimum atomic E-state index is -0.396. The average Bonchev–Trinajstić information content (AvgIpc) is 3.37. The Labute approximate surface area is 189 Å². The lowest BCUT2D eigenvalue weighted by atomic mass is 10.1. The number of benzene rings is 2. The van der Waals surface area contributed by atoms with E-state index < -0.39 is 5.91 Å². The van der Waals surface area contributed by atoms with Crippen molar-refractivity contribution in [2.24, 2.45) is 0 Å². The third kappa shape index (κ3) is 4.29. The third-order valence-electron chi connectivity index (χ3n) is 5.30. The Balaban J connectivity index is 1.57. The van der Waals surface area contributed by atoms with Crippen molar-refractivity contribution in [3.05, 3.63) is 83.6 Å². The second-order valence-electron chi connectivity index (χ2n) is 7.70. The van der Waals surface area contributed by atoms with Gasteiger partial charge in [0.1, 0.15) is 0 Å². The summed E-state index contributed by atoms with van der Waals surface area (Å²) in [5, 5.41) is 13.3. The predicted octanol–water partition coefficient (Wildman–Crippen LogP) is 3.47. The molecule has 1 atom stereocenters. The van der Waals surface area contributed by atoms with Gasteiger partial charge < -0.3 is 10.6 Å². The van der Waals surface area contributed by atoms with Crippen LogP contribution >= 0.6 is 0 Å². The predicted molar refractivity (Wildman–Crippen MR) is 125 cm³/mol. The number of fused-ring (bicyclic) bond motifs is 1. The van der Waals surface area contributed by atoms with Gasteiger partial charge in [-0.1, -0.05) is 48.5 Å². The van der Waals surface area contributed by atoms with Crippen molar-refractivity contribution in [2.75, 3.05) is 10.6 Å². The number of anilines is 3. The first-order valence-electron chi connectivity index (χ1n) is 10.5. The van der Waals surface area contributed by atoms with Crippen molar-refractivity contribution < 1.29 is 9.59 Å². The molecule has 1 fully saturated rings. The van der Waals surface area contributed by atoms with Gasteiger partial charge in [0.25, 0.3) is 5.91 Å². The first-order chi connectivity index (χ1) is 16.1. The molecular formula is C24H21N7O2. The van der Waals surface area contributed by atoms with E-state index in [1.807, 2.05) is 67.6 Å². The molecule has 0 saturated carbocycles. The van der Waals surface area contributed by atoms with E-state index in [0.29, 0.717) is 28.7 Å². The minimum Gasteiger partial charge on any atom is -0.348 e. The summed E-state index contributed by atoms with van der Waals surface area (Å²) in [6, 6.07) is 19.6. The summed E-state index contributed by atoms with van der Waals surface area (Å²) in [7, 11) is 0. The van der Waals surface area contributed by atoms with E-state index in [9.17, 15) is 9.59 Å². The number of para-hydroxylation sites is 1. The number of hydrogen-bond acceptors (Lipinski definition) is 7. The summed E-state index contributed by atoms with van der Waals surface area (Å²) in [6.07, 6.45) is 3.28. The highest BCUT2D eigenvalue weighted by Crippen LogP contribution is 2.24. The number of nitrogens with zero attached hydrogens (tertiary/aromatic N) is 4. The summed E-state index contributed by atoms with van der Waals surface area (Å²) in [5.41, 5.74) is 3.43. The van der Waals surface area contributed by atoms with E-state index in [4.69, 9.17) is 0 Å². The molecule has 2 aromatic carbocycles. The van der Waals surface area contributed by atoms with Crippen molar-refractivity contribution in [3.8, 4) is 0 Å². The number of rotatable bonds is 6. The van der Waals surface area contributed by atoms with Crippen molar-refractivity contribution in [1.82, 2.24) is 24.9 Å². The largest absolute Gasteiger partial charge is 0.348 e. The summed E-state index contributed by atoms with van der Waals surface area (Å²) in [4.78, 5) is 32.9. The van der Waals surface area contributed by atoms with Crippen LogP contribution in [0.5, 0.6) is 0 Å². The quantitative estimate of drug-likeness (QED) is 0.311. The fourth-order valence-electron chi connectivity index (χ4n) is 3.62. The van der Waals surface area contributed by atoms with Crippen molar-refractivity contribution in [1.29, 1.82) is 0 Å². The normalized spacial score (nSPS) is 15.6. The first kappa shape index (κ1) is 20.4. The minimum absolute atomic E-state index is 0.0343. The third-order valence-corrected chi connectivity index (χ3v) is 5.30. The maximum atomic E-state index is 12.0. The number of nitrogens with one attached hydrogen (secondary N) is 3. The molecule has 0 aliphatic carbocycles. The van der Waals surface area contributed by atoms with Crippen molar-refractivity contribution in [2.45, 2.75) is 19.4 Å². The van der Waals surface area contributed by atoms with E-state index in [1.165, 1.54) is 0 Å². The fraction of sp³-hybridized carbons (Fsp3) is 0.125. The van der Waals surface area contributed by atoms with Crippen molar-refractivity contribution in [3.63, 3.8) is 0 Å². The van der Waals surface area contributed by atoms with Crippen LogP contribution in [0.15, 0.2) is 72.4 Å². The Kier molecular flexibility index (Phi) is 5.27. The second-order valence-corrected chi connectivity index (χ2v) is 7.70. The molecule has 1 unspecified atom stereocenters. The highest BCUT2D eigenvalue weighted by atomic mass is 16.2. The molecular weight excluding hydrogens is 418 g/mol. The zero-order valence-corrected chi connectivity index (χ0v) is 17.8. The number of imide groups is 1. The SMILES string of the molecule is CC(Nc1nc(Nc2ccccc2)n2ncc(C=C3CC(=O)NC3=O)c2n1)c1ccccc1. The molecule has 1 aliphatic heterocycles. The maximum Gasteiger partial charge on any atom is 0.254 e. The van der Waals surface area contributed by atoms with E-state index in [1.54, 1.807) is 16.8 Å². The van der Waals surface area contributed by atoms with Gasteiger partial charge in [0.15, 0.2) is 5.65 Å². The molecule has 164 valence electrons. The molecule has 0 spiro atoms. The summed E-state index contributed by atoms with van der Waals surface area (Å²) < 4.78 is 1.58. The monoisotopic (exact) mass is 439 g/mol. The molecule has 5 rings (SSSR count). The molecule has 1 saturated heterocycles. The van der Waals surface area contributed by atoms with E-state index in [0.717, 1.165) is 11.3 Å². The average molecular weight is 439 g/mol. The topological polar surface area (TPSA) is 113 Å². The Morgan fingerprint density at radius 1 is 1.03 bits per heavy atom. The second kappa shape index (κ2) is 8.54. The molecule has 0 radical (unpaired) electrons. The van der Waals surface area contributed by atoms with Crippen LogP contribution in [0, 0.1) is 0 Å². The molecule has 9 heteroatoms. The number of carbonyl (C=O) groups excluding carboxylic acids is 2. The summed E-state index contributed by atoms with van der Waals surface area (Å²) in [5.74, 6) is 0.157. The highest BCUT2D eigenvalue weighted by Gasteiger charge is 2.24. The van der Waals surface area contributed by atoms with Gasteiger partial charge in [-0.2, -0.15) is 19.6 Å². The lowest BCUT2D eigenvalue weighted by Crippen LogP contribution is -2.19. The zero-order chi connectivity index (χ0) is 22.8. The van der Waals surface area contributed by atoms with Crippen LogP contribution in [0.1, 0.15) is 30.5 Å². The highest BCUT2D eigenvalue weighted by molar-refractivity contribution is 6.15. The van der Waals surface area contributed by atoms with Gasteiger partial charge in [-0.25, -0.2) is 0 Å². The van der Waals surface area contributed by atoms with Gasteiger partial charge >= 0.3 is 0 Å². The maximum absolute atomic E-state index is 12.0. The lowest BCUT2D eigenvalue weighted by Gasteiger charge is -2.16. The number of carbonyl (C=O) groups is 2. The van der Waals surface area contributed by atoms with Gasteiger partial charge in [-0.15, -0.1) is 0 Å². The van der Waals surface area contributed by atoms with Crippen LogP contribution in [0.2, 0.25) is 0 Å². The number of amides is 2. The molecule has 0 bridgehead atoms. The first-order valence-corrected chi connectivity index (χ1v) is 10.5. The molecule has 3 N–H and O–H groups in total. The van der Waals surface area contributed by atoms with Crippen LogP contribution in [-0.2, 0) is 9.59 Å². The zero-order valence-electron chi connectivity index (χ0n) is 17.8. The molecule has 2 amide bonds. The van der Waals surface area contributed by atoms with Gasteiger partial charge in [0.05, 0.1) is 18.7 Å². The summed E-state index contributed by atoms with van der Waals surface area (Å²) in [6.45, 7) is 2.03. The summed E-state index contributed by atoms with van der Waals surface area (Å²) >= 11 is 0. The molecule has 33 heavy (non-hydrogen) atoms. The van der Waals surface area contributed by atoms with Gasteiger partial charge in [0, 0.05) is 16.8 Å². The van der Waals surface area contributed by atoms with Crippen LogP contribution in [0.3, 0.4) is 0 Å². The van der Waals surface area contributed by atoms with Gasteiger partial charge in [0.2, 0.25) is 17.8 Å². The molecule has 1 aliphatic rings. The van der Waals surface area contributed by atoms with Crippen LogP contribution in [-0.4, -0.2) is 31.4 Å². The van der Waals surface area contributed by atoms with E-state index >= 15 is 0 Å². The Morgan fingerprint density at radius 2 is 1.76 bits per heavy atom. The van der Waals surface area contributed by atoms with Gasteiger partial charge in [-0.3, -0.25) is 14.9 Å². The van der Waals surface area contributed by atoms with Gasteiger partial charge in [-0.05, 0) is 30.7 Å². The van der Waals surface area contributed by atoms with Crippen LogP contribution in [0.4, 0.5) is 17.6 Å². The Bertz CT molecular complexity index is 1360. The molecule has 2 aromatic heterocycles. The van der Waals surface area contributed by atoms with E-state index in [2.05, 4.69) is 31.0 Å². The van der Waals surface area contributed by atoms with Crippen LogP contribution in [0.25, 0.3) is 11.7 Å².